The molecule has 2 fully saturated rings. The number of hydrogen-bond donors (Lipinski definition) is 5. The average Bonchev–Trinajstić information content (AvgIpc) is 3.84. The molecule has 1 saturated heterocycles. The standard InChI is InChI=1S/C35H46F3N3O7S/c36-35(37,38)26-13-9-22(5-1-2-6-25(43)12-14-30(44)32(46)33(47)31(45)19-42)17-23(26)18-39-21-49-20-29(39)34(48)41-16-15-40(24-10-11-24)27-7-3-4-8-28(27)41/h3-4,7-9,13,17,24,29-33,42,44-47H,1-2,5-6,10-12,14-16,18-21H2/t29-,30-,31+,32+,33+/m0/s1. The maximum Gasteiger partial charge on any atom is 0.416 e. The van der Waals surface area contributed by atoms with Crippen LogP contribution < -0.4 is 9.80 Å². The molecule has 0 bridgehead atoms. The molecule has 5 rings (SSSR count). The van der Waals surface area contributed by atoms with E-state index in [0.29, 0.717) is 49.0 Å². The molecule has 49 heavy (non-hydrogen) atoms. The topological polar surface area (TPSA) is 145 Å². The first-order valence-corrected chi connectivity index (χ1v) is 18.1. The fraction of sp³-hybridized carbons (Fsp3) is 0.600. The molecule has 10 nitrogen and oxygen atoms in total. The van der Waals surface area contributed by atoms with Crippen LogP contribution in [0.25, 0.3) is 0 Å². The zero-order valence-corrected chi connectivity index (χ0v) is 28.2. The third-order valence-corrected chi connectivity index (χ3v) is 10.7. The molecule has 2 aliphatic heterocycles. The highest BCUT2D eigenvalue weighted by atomic mass is 32.2. The van der Waals surface area contributed by atoms with Crippen molar-refractivity contribution in [1.82, 2.24) is 4.90 Å². The Morgan fingerprint density at radius 1 is 0.918 bits per heavy atom. The number of unbranched alkanes of at least 4 members (excludes halogenated alkanes) is 1. The molecular weight excluding hydrogens is 663 g/mol. The van der Waals surface area contributed by atoms with Crippen LogP contribution in [0.2, 0.25) is 0 Å². The monoisotopic (exact) mass is 709 g/mol. The number of thioether (sulfide) groups is 1. The zero-order chi connectivity index (χ0) is 35.3. The van der Waals surface area contributed by atoms with Gasteiger partial charge in [-0.25, -0.2) is 0 Å². The van der Waals surface area contributed by atoms with E-state index in [1.54, 1.807) is 11.0 Å². The number of halogens is 3. The Hall–Kier alpha value is -2.72. The fourth-order valence-corrected chi connectivity index (χ4v) is 7.85. The van der Waals surface area contributed by atoms with Gasteiger partial charge in [0.25, 0.3) is 0 Å². The number of carbonyl (C=O) groups is 2. The van der Waals surface area contributed by atoms with E-state index in [-0.39, 0.29) is 43.1 Å². The van der Waals surface area contributed by atoms with Gasteiger partial charge >= 0.3 is 6.18 Å². The quantitative estimate of drug-likeness (QED) is 0.165. The second kappa shape index (κ2) is 16.5. The molecule has 5 atom stereocenters. The van der Waals surface area contributed by atoms with E-state index in [4.69, 9.17) is 5.11 Å². The minimum atomic E-state index is -4.56. The zero-order valence-electron chi connectivity index (χ0n) is 27.3. The van der Waals surface area contributed by atoms with Gasteiger partial charge in [-0.05, 0) is 67.9 Å². The predicted octanol–water partition coefficient (Wildman–Crippen LogP) is 3.09. The molecular formula is C35H46F3N3O7S. The van der Waals surface area contributed by atoms with Crippen LogP contribution in [-0.2, 0) is 28.7 Å². The van der Waals surface area contributed by atoms with Crippen molar-refractivity contribution in [2.24, 2.45) is 0 Å². The number of nitrogens with zero attached hydrogens (tertiary/aromatic N) is 3. The van der Waals surface area contributed by atoms with Crippen molar-refractivity contribution in [3.63, 3.8) is 0 Å². The van der Waals surface area contributed by atoms with Crippen molar-refractivity contribution in [3.8, 4) is 0 Å². The second-order valence-corrected chi connectivity index (χ2v) is 14.2. The number of para-hydroxylation sites is 2. The van der Waals surface area contributed by atoms with Crippen molar-refractivity contribution < 1.29 is 48.3 Å². The summed E-state index contributed by atoms with van der Waals surface area (Å²) in [7, 11) is 0. The van der Waals surface area contributed by atoms with E-state index in [1.165, 1.54) is 17.8 Å². The van der Waals surface area contributed by atoms with Gasteiger partial charge in [0.05, 0.1) is 35.7 Å². The van der Waals surface area contributed by atoms with Crippen molar-refractivity contribution in [3.05, 3.63) is 59.2 Å². The number of aliphatic hydroxyl groups is 5. The number of amides is 1. The Morgan fingerprint density at radius 2 is 1.63 bits per heavy atom. The van der Waals surface area contributed by atoms with E-state index in [2.05, 4.69) is 4.90 Å². The SMILES string of the molecule is O=C(CCCCc1ccc(C(F)(F)F)c(CN2CSC[C@H]2C(=O)N2CCN(C3CC3)c3ccccc32)c1)CC[C@H](O)[C@@H](O)[C@H](O)[C@H](O)CO. The van der Waals surface area contributed by atoms with E-state index in [1.807, 2.05) is 29.2 Å². The van der Waals surface area contributed by atoms with Gasteiger partial charge in [0, 0.05) is 50.1 Å². The Morgan fingerprint density at radius 3 is 2.33 bits per heavy atom. The van der Waals surface area contributed by atoms with Crippen LogP contribution in [0.4, 0.5) is 24.5 Å². The van der Waals surface area contributed by atoms with Crippen molar-refractivity contribution >= 4 is 34.8 Å². The highest BCUT2D eigenvalue weighted by molar-refractivity contribution is 7.99. The lowest BCUT2D eigenvalue weighted by atomic mass is 9.97. The number of ketones is 1. The first-order valence-electron chi connectivity index (χ1n) is 16.9. The van der Waals surface area contributed by atoms with Crippen LogP contribution in [0.15, 0.2) is 42.5 Å². The number of benzene rings is 2. The number of alkyl halides is 3. The first kappa shape index (κ1) is 37.5. The summed E-state index contributed by atoms with van der Waals surface area (Å²) in [5, 5.41) is 48.0. The van der Waals surface area contributed by atoms with Gasteiger partial charge in [-0.1, -0.05) is 24.3 Å². The van der Waals surface area contributed by atoms with E-state index in [0.717, 1.165) is 36.8 Å². The number of anilines is 2. The summed E-state index contributed by atoms with van der Waals surface area (Å²) >= 11 is 1.54. The summed E-state index contributed by atoms with van der Waals surface area (Å²) in [5.74, 6) is 0.662. The Balaban J connectivity index is 1.17. The predicted molar refractivity (Wildman–Crippen MR) is 180 cm³/mol. The Bertz CT molecular complexity index is 1450. The number of hydrogen-bond acceptors (Lipinski definition) is 10. The molecule has 0 spiro atoms. The van der Waals surface area contributed by atoms with Crippen LogP contribution in [0.3, 0.4) is 0 Å². The van der Waals surface area contributed by atoms with Gasteiger partial charge in [0.15, 0.2) is 0 Å². The van der Waals surface area contributed by atoms with E-state index < -0.39 is 48.8 Å². The fourth-order valence-electron chi connectivity index (χ4n) is 6.67. The molecule has 0 aromatic heterocycles. The van der Waals surface area contributed by atoms with Crippen LogP contribution in [-0.4, -0.2) is 110 Å². The van der Waals surface area contributed by atoms with Gasteiger partial charge < -0.3 is 35.3 Å². The molecule has 1 amide bonds. The highest BCUT2D eigenvalue weighted by Gasteiger charge is 2.41. The van der Waals surface area contributed by atoms with Crippen LogP contribution in [0, 0.1) is 0 Å². The molecule has 3 aliphatic rings. The number of Topliss-reactive ketones (excluding diaryl/α,β-unsaturated/α-hetero) is 1. The maximum absolute atomic E-state index is 14.1. The number of carbonyl (C=O) groups excluding carboxylic acids is 2. The minimum absolute atomic E-state index is 0.0214. The van der Waals surface area contributed by atoms with Gasteiger partial charge in [-0.2, -0.15) is 13.2 Å². The van der Waals surface area contributed by atoms with Crippen molar-refractivity contribution in [2.75, 3.05) is 41.1 Å². The molecule has 0 radical (unpaired) electrons. The average molecular weight is 710 g/mol. The van der Waals surface area contributed by atoms with E-state index >= 15 is 0 Å². The van der Waals surface area contributed by atoms with Gasteiger partial charge in [-0.3, -0.25) is 14.5 Å². The summed E-state index contributed by atoms with van der Waals surface area (Å²) < 4.78 is 42.4. The normalized spacial score (nSPS) is 20.9. The largest absolute Gasteiger partial charge is 0.416 e. The molecule has 270 valence electrons. The molecule has 1 aliphatic carbocycles. The van der Waals surface area contributed by atoms with E-state index in [9.17, 15) is 43.2 Å². The Labute approximate surface area is 288 Å². The summed E-state index contributed by atoms with van der Waals surface area (Å²) in [5.41, 5.74) is 1.97. The van der Waals surface area contributed by atoms with Gasteiger partial charge in [0.1, 0.15) is 24.1 Å². The number of fused-ring (bicyclic) bond motifs is 1. The molecule has 2 aromatic carbocycles. The van der Waals surface area contributed by atoms with Crippen LogP contribution >= 0.6 is 11.8 Å². The molecule has 0 unspecified atom stereocenters. The molecule has 2 heterocycles. The van der Waals surface area contributed by atoms with Crippen molar-refractivity contribution in [2.45, 2.75) is 101 Å². The summed E-state index contributed by atoms with van der Waals surface area (Å²) in [4.78, 5) is 32.3. The molecule has 5 N–H and O–H groups in total. The van der Waals surface area contributed by atoms with Crippen molar-refractivity contribution in [1.29, 1.82) is 0 Å². The smallest absolute Gasteiger partial charge is 0.394 e. The molecule has 14 heteroatoms. The number of aryl methyl sites for hydroxylation is 1. The Kier molecular flexibility index (Phi) is 12.7. The second-order valence-electron chi connectivity index (χ2n) is 13.2. The lowest BCUT2D eigenvalue weighted by Gasteiger charge is -2.39. The van der Waals surface area contributed by atoms with Gasteiger partial charge in [0.2, 0.25) is 5.91 Å². The minimum Gasteiger partial charge on any atom is -0.394 e. The molecule has 2 aromatic rings. The summed E-state index contributed by atoms with van der Waals surface area (Å²) in [6, 6.07) is 11.9. The number of aliphatic hydroxyl groups excluding tert-OH is 5. The third kappa shape index (κ3) is 9.34. The number of rotatable bonds is 16. The maximum atomic E-state index is 14.1. The lowest BCUT2D eigenvalue weighted by Crippen LogP contribution is -2.52. The van der Waals surface area contributed by atoms with Crippen LogP contribution in [0.1, 0.15) is 61.6 Å². The third-order valence-electron chi connectivity index (χ3n) is 9.62. The summed E-state index contributed by atoms with van der Waals surface area (Å²) in [6.45, 7) is 0.445. The van der Waals surface area contributed by atoms with Gasteiger partial charge in [-0.15, -0.1) is 11.8 Å². The van der Waals surface area contributed by atoms with Crippen LogP contribution in [0.5, 0.6) is 0 Å². The summed E-state index contributed by atoms with van der Waals surface area (Å²) in [6.07, 6.45) is -7.45. The first-order chi connectivity index (χ1) is 23.4. The molecule has 1 saturated carbocycles. The lowest BCUT2D eigenvalue weighted by molar-refractivity contribution is -0.138. The highest BCUT2D eigenvalue weighted by Crippen LogP contribution is 2.41.